The first kappa shape index (κ1) is 13.2. The maximum absolute atomic E-state index is 11.6. The van der Waals surface area contributed by atoms with Gasteiger partial charge < -0.3 is 10.4 Å². The van der Waals surface area contributed by atoms with E-state index in [-0.39, 0.29) is 23.4 Å². The Kier molecular flexibility index (Phi) is 4.69. The fraction of sp³-hybridized carbons (Fsp3) is 0.385. The molecule has 1 aromatic rings. The molecular formula is C13H17NO3. The second kappa shape index (κ2) is 6.03. The smallest absolute Gasteiger partial charge is 0.251 e. The van der Waals surface area contributed by atoms with E-state index in [4.69, 9.17) is 0 Å². The molecule has 17 heavy (non-hydrogen) atoms. The summed E-state index contributed by atoms with van der Waals surface area (Å²) in [6.07, 6.45) is 0.336. The van der Waals surface area contributed by atoms with Crippen molar-refractivity contribution in [1.82, 2.24) is 5.32 Å². The summed E-state index contributed by atoms with van der Waals surface area (Å²) in [5.41, 5.74) is 0.391. The highest BCUT2D eigenvalue weighted by atomic mass is 16.3. The molecule has 4 nitrogen and oxygen atoms in total. The van der Waals surface area contributed by atoms with Crippen molar-refractivity contribution in [3.05, 3.63) is 29.8 Å². The molecule has 2 N–H and O–H groups in total. The van der Waals surface area contributed by atoms with E-state index < -0.39 is 0 Å². The first-order valence-electron chi connectivity index (χ1n) is 5.60. The molecule has 1 rings (SSSR count). The summed E-state index contributed by atoms with van der Waals surface area (Å²) in [6.45, 7) is 3.99. The Bertz CT molecular complexity index is 413. The largest absolute Gasteiger partial charge is 0.508 e. The van der Waals surface area contributed by atoms with Gasteiger partial charge in [-0.2, -0.15) is 0 Å². The average molecular weight is 235 g/mol. The number of amides is 1. The Morgan fingerprint density at radius 1 is 1.35 bits per heavy atom. The minimum Gasteiger partial charge on any atom is -0.508 e. The summed E-state index contributed by atoms with van der Waals surface area (Å²) in [5, 5.41) is 11.9. The standard InChI is InChI=1S/C13H17NO3/c1-9(2)12(16)6-7-14-13(17)10-4-3-5-11(15)8-10/h3-5,8-9,15H,6-7H2,1-2H3,(H,14,17). The average Bonchev–Trinajstić information content (AvgIpc) is 2.28. The topological polar surface area (TPSA) is 66.4 Å². The molecule has 0 unspecified atom stereocenters. The number of hydrogen-bond donors (Lipinski definition) is 2. The van der Waals surface area contributed by atoms with Crippen molar-refractivity contribution in [3.8, 4) is 5.75 Å². The number of hydrogen-bond acceptors (Lipinski definition) is 3. The lowest BCUT2D eigenvalue weighted by Crippen LogP contribution is -2.26. The minimum absolute atomic E-state index is 0.00679. The summed E-state index contributed by atoms with van der Waals surface area (Å²) < 4.78 is 0. The van der Waals surface area contributed by atoms with Crippen LogP contribution in [0.2, 0.25) is 0 Å². The Morgan fingerprint density at radius 2 is 2.06 bits per heavy atom. The van der Waals surface area contributed by atoms with Gasteiger partial charge in [0.25, 0.3) is 5.91 Å². The molecule has 0 aliphatic heterocycles. The van der Waals surface area contributed by atoms with E-state index >= 15 is 0 Å². The molecule has 0 aromatic heterocycles. The molecule has 0 fully saturated rings. The third kappa shape index (κ3) is 4.26. The van der Waals surface area contributed by atoms with Crippen LogP contribution in [0.3, 0.4) is 0 Å². The second-order valence-corrected chi connectivity index (χ2v) is 4.18. The van der Waals surface area contributed by atoms with Crippen molar-refractivity contribution < 1.29 is 14.7 Å². The van der Waals surface area contributed by atoms with Crippen LogP contribution in [0, 0.1) is 5.92 Å². The predicted octanol–water partition coefficient (Wildman–Crippen LogP) is 1.74. The molecule has 0 aliphatic carbocycles. The van der Waals surface area contributed by atoms with Crippen LogP contribution in [0.1, 0.15) is 30.6 Å². The van der Waals surface area contributed by atoms with E-state index in [1.54, 1.807) is 12.1 Å². The number of carbonyl (C=O) groups excluding carboxylic acids is 2. The van der Waals surface area contributed by atoms with Crippen LogP contribution in [-0.4, -0.2) is 23.3 Å². The monoisotopic (exact) mass is 235 g/mol. The van der Waals surface area contributed by atoms with Crippen LogP contribution < -0.4 is 5.32 Å². The van der Waals surface area contributed by atoms with Gasteiger partial charge in [0.2, 0.25) is 0 Å². The summed E-state index contributed by atoms with van der Waals surface area (Å²) >= 11 is 0. The molecule has 0 spiro atoms. The number of nitrogens with one attached hydrogen (secondary N) is 1. The lowest BCUT2D eigenvalue weighted by molar-refractivity contribution is -0.121. The Balaban J connectivity index is 2.43. The first-order chi connectivity index (χ1) is 8.00. The molecule has 0 aliphatic rings. The van der Waals surface area contributed by atoms with Crippen molar-refractivity contribution >= 4 is 11.7 Å². The maximum Gasteiger partial charge on any atom is 0.251 e. The van der Waals surface area contributed by atoms with E-state index in [0.717, 1.165) is 0 Å². The van der Waals surface area contributed by atoms with Crippen LogP contribution >= 0.6 is 0 Å². The highest BCUT2D eigenvalue weighted by Gasteiger charge is 2.09. The van der Waals surface area contributed by atoms with Crippen LogP contribution in [0.4, 0.5) is 0 Å². The van der Waals surface area contributed by atoms with E-state index in [0.29, 0.717) is 18.5 Å². The van der Waals surface area contributed by atoms with Gasteiger partial charge >= 0.3 is 0 Å². The number of phenolic OH excluding ortho intramolecular Hbond substituents is 1. The molecule has 4 heteroatoms. The van der Waals surface area contributed by atoms with Crippen molar-refractivity contribution in [2.45, 2.75) is 20.3 Å². The molecule has 0 saturated carbocycles. The van der Waals surface area contributed by atoms with E-state index in [1.807, 2.05) is 13.8 Å². The number of benzene rings is 1. The van der Waals surface area contributed by atoms with E-state index in [9.17, 15) is 14.7 Å². The molecule has 1 aromatic carbocycles. The Labute approximate surface area is 101 Å². The predicted molar refractivity (Wildman–Crippen MR) is 64.9 cm³/mol. The van der Waals surface area contributed by atoms with Crippen molar-refractivity contribution in [2.75, 3.05) is 6.54 Å². The zero-order valence-electron chi connectivity index (χ0n) is 10.1. The van der Waals surface area contributed by atoms with Gasteiger partial charge in [-0.15, -0.1) is 0 Å². The van der Waals surface area contributed by atoms with Crippen molar-refractivity contribution in [3.63, 3.8) is 0 Å². The minimum atomic E-state index is -0.280. The Morgan fingerprint density at radius 3 is 2.65 bits per heavy atom. The van der Waals surface area contributed by atoms with Gasteiger partial charge in [-0.05, 0) is 18.2 Å². The van der Waals surface area contributed by atoms with Crippen LogP contribution in [0.5, 0.6) is 5.75 Å². The molecular weight excluding hydrogens is 218 g/mol. The van der Waals surface area contributed by atoms with Crippen LogP contribution in [-0.2, 0) is 4.79 Å². The van der Waals surface area contributed by atoms with E-state index in [2.05, 4.69) is 5.32 Å². The number of aromatic hydroxyl groups is 1. The van der Waals surface area contributed by atoms with Crippen LogP contribution in [0.25, 0.3) is 0 Å². The summed E-state index contributed by atoms with van der Waals surface area (Å²) in [5.74, 6) is -0.109. The van der Waals surface area contributed by atoms with Gasteiger partial charge in [-0.1, -0.05) is 19.9 Å². The lowest BCUT2D eigenvalue weighted by Gasteiger charge is -2.06. The number of ketones is 1. The molecule has 0 bridgehead atoms. The van der Waals surface area contributed by atoms with Gasteiger partial charge in [0.05, 0.1) is 0 Å². The fourth-order valence-electron chi connectivity index (χ4n) is 1.34. The number of rotatable bonds is 5. The van der Waals surface area contributed by atoms with Gasteiger partial charge in [0.15, 0.2) is 0 Å². The molecule has 0 atom stereocenters. The molecule has 92 valence electrons. The highest BCUT2D eigenvalue weighted by Crippen LogP contribution is 2.10. The number of Topliss-reactive ketones (excluding diaryl/α,β-unsaturated/α-hetero) is 1. The quantitative estimate of drug-likeness (QED) is 0.816. The number of phenols is 1. The van der Waals surface area contributed by atoms with E-state index in [1.165, 1.54) is 12.1 Å². The van der Waals surface area contributed by atoms with Gasteiger partial charge in [0, 0.05) is 24.4 Å². The zero-order chi connectivity index (χ0) is 12.8. The van der Waals surface area contributed by atoms with Crippen LogP contribution in [0.15, 0.2) is 24.3 Å². The summed E-state index contributed by atoms with van der Waals surface area (Å²) in [4.78, 5) is 22.9. The van der Waals surface area contributed by atoms with Gasteiger partial charge in [0.1, 0.15) is 11.5 Å². The molecule has 0 radical (unpaired) electrons. The highest BCUT2D eigenvalue weighted by molar-refractivity contribution is 5.94. The molecule has 1 amide bonds. The Hall–Kier alpha value is -1.84. The lowest BCUT2D eigenvalue weighted by atomic mass is 10.1. The summed E-state index contributed by atoms with van der Waals surface area (Å²) in [7, 11) is 0. The third-order valence-electron chi connectivity index (χ3n) is 2.41. The van der Waals surface area contributed by atoms with Crippen molar-refractivity contribution in [1.29, 1.82) is 0 Å². The maximum atomic E-state index is 11.6. The first-order valence-corrected chi connectivity index (χ1v) is 5.60. The SMILES string of the molecule is CC(C)C(=O)CCNC(=O)c1cccc(O)c1. The summed E-state index contributed by atoms with van der Waals surface area (Å²) in [6, 6.07) is 6.10. The fourth-order valence-corrected chi connectivity index (χ4v) is 1.34. The molecule has 0 saturated heterocycles. The van der Waals surface area contributed by atoms with Gasteiger partial charge in [-0.25, -0.2) is 0 Å². The zero-order valence-corrected chi connectivity index (χ0v) is 10.1. The normalized spacial score (nSPS) is 10.3. The number of carbonyl (C=O) groups is 2. The second-order valence-electron chi connectivity index (χ2n) is 4.18. The van der Waals surface area contributed by atoms with Crippen molar-refractivity contribution in [2.24, 2.45) is 5.92 Å². The molecule has 0 heterocycles. The third-order valence-corrected chi connectivity index (χ3v) is 2.41. The van der Waals surface area contributed by atoms with Gasteiger partial charge in [-0.3, -0.25) is 9.59 Å².